The van der Waals surface area contributed by atoms with Crippen molar-refractivity contribution in [3.05, 3.63) is 18.2 Å². The van der Waals surface area contributed by atoms with Crippen LogP contribution in [0.25, 0.3) is 0 Å². The molecular weight excluding hydrogens is 226 g/mol. The molecule has 0 saturated heterocycles. The quantitative estimate of drug-likeness (QED) is 0.752. The molecule has 1 aromatic rings. The summed E-state index contributed by atoms with van der Waals surface area (Å²) in [6, 6.07) is 0.376. The monoisotopic (exact) mass is 241 g/mol. The van der Waals surface area contributed by atoms with Crippen LogP contribution in [0.2, 0.25) is 0 Å². The van der Waals surface area contributed by atoms with Gasteiger partial charge >= 0.3 is 0 Å². The summed E-state index contributed by atoms with van der Waals surface area (Å²) >= 11 is 5.75. The number of aryl methyl sites for hydroxylation is 1. The Kier molecular flexibility index (Phi) is 3.49. The molecule has 0 bridgehead atoms. The topological polar surface area (TPSA) is 38.1 Å². The number of carbonyl (C=O) groups excluding carboxylic acids is 1. The van der Waals surface area contributed by atoms with E-state index in [1.807, 2.05) is 11.9 Å². The minimum Gasteiger partial charge on any atom is -0.333 e. The fourth-order valence-corrected chi connectivity index (χ4v) is 2.13. The van der Waals surface area contributed by atoms with Crippen molar-refractivity contribution in [2.24, 2.45) is 7.05 Å². The molecule has 16 heavy (non-hydrogen) atoms. The SMILES string of the molecule is Cn1cncc1C(=O)N(CCCl)C1CCC1. The number of hydrogen-bond donors (Lipinski definition) is 0. The van der Waals surface area contributed by atoms with Gasteiger partial charge in [0.2, 0.25) is 0 Å². The first-order chi connectivity index (χ1) is 7.74. The summed E-state index contributed by atoms with van der Waals surface area (Å²) < 4.78 is 1.75. The van der Waals surface area contributed by atoms with Crippen molar-refractivity contribution in [3.63, 3.8) is 0 Å². The minimum atomic E-state index is 0.0466. The highest BCUT2D eigenvalue weighted by atomic mass is 35.5. The highest BCUT2D eigenvalue weighted by molar-refractivity contribution is 6.18. The summed E-state index contributed by atoms with van der Waals surface area (Å²) in [6.45, 7) is 0.621. The highest BCUT2D eigenvalue weighted by Crippen LogP contribution is 2.26. The second-order valence-electron chi connectivity index (χ2n) is 4.16. The van der Waals surface area contributed by atoms with E-state index in [1.165, 1.54) is 6.42 Å². The zero-order chi connectivity index (χ0) is 11.5. The van der Waals surface area contributed by atoms with E-state index in [1.54, 1.807) is 17.1 Å². The fraction of sp³-hybridized carbons (Fsp3) is 0.636. The first-order valence-electron chi connectivity index (χ1n) is 5.57. The molecule has 0 aliphatic heterocycles. The molecular formula is C11H16ClN3O. The van der Waals surface area contributed by atoms with Crippen LogP contribution in [-0.2, 0) is 7.05 Å². The number of aromatic nitrogens is 2. The lowest BCUT2D eigenvalue weighted by atomic mass is 9.91. The Morgan fingerprint density at radius 1 is 1.69 bits per heavy atom. The lowest BCUT2D eigenvalue weighted by Crippen LogP contribution is -2.45. The van der Waals surface area contributed by atoms with Crippen molar-refractivity contribution in [1.29, 1.82) is 0 Å². The van der Waals surface area contributed by atoms with Crippen LogP contribution in [0.5, 0.6) is 0 Å². The molecule has 0 unspecified atom stereocenters. The molecule has 1 saturated carbocycles. The number of rotatable bonds is 4. The van der Waals surface area contributed by atoms with Gasteiger partial charge in [0.1, 0.15) is 5.69 Å². The molecule has 1 aliphatic rings. The predicted octanol–water partition coefficient (Wildman–Crippen LogP) is 1.65. The van der Waals surface area contributed by atoms with Gasteiger partial charge in [0, 0.05) is 25.5 Å². The van der Waals surface area contributed by atoms with Gasteiger partial charge in [-0.2, -0.15) is 0 Å². The van der Waals surface area contributed by atoms with Gasteiger partial charge in [-0.25, -0.2) is 4.98 Å². The van der Waals surface area contributed by atoms with E-state index in [0.29, 0.717) is 24.2 Å². The third-order valence-corrected chi connectivity index (χ3v) is 3.31. The third kappa shape index (κ3) is 2.07. The maximum absolute atomic E-state index is 12.3. The number of nitrogens with zero attached hydrogens (tertiary/aromatic N) is 3. The summed E-state index contributed by atoms with van der Waals surface area (Å²) in [5.41, 5.74) is 0.636. The van der Waals surface area contributed by atoms with E-state index in [0.717, 1.165) is 12.8 Å². The van der Waals surface area contributed by atoms with Crippen LogP contribution in [-0.4, -0.2) is 38.8 Å². The Hall–Kier alpha value is -1.03. The zero-order valence-electron chi connectivity index (χ0n) is 9.40. The molecule has 0 N–H and O–H groups in total. The van der Waals surface area contributed by atoms with Crippen molar-refractivity contribution in [1.82, 2.24) is 14.5 Å². The van der Waals surface area contributed by atoms with Crippen LogP contribution in [0.3, 0.4) is 0 Å². The summed E-state index contributed by atoms with van der Waals surface area (Å²) in [6.07, 6.45) is 6.66. The van der Waals surface area contributed by atoms with E-state index < -0.39 is 0 Å². The Morgan fingerprint density at radius 3 is 2.88 bits per heavy atom. The molecule has 0 atom stereocenters. The van der Waals surface area contributed by atoms with Crippen LogP contribution in [0.1, 0.15) is 29.8 Å². The third-order valence-electron chi connectivity index (χ3n) is 3.14. The van der Waals surface area contributed by atoms with Crippen molar-refractivity contribution < 1.29 is 4.79 Å². The average molecular weight is 242 g/mol. The Bertz CT molecular complexity index is 373. The predicted molar refractivity (Wildman–Crippen MR) is 62.6 cm³/mol. The van der Waals surface area contributed by atoms with Crippen molar-refractivity contribution in [2.75, 3.05) is 12.4 Å². The average Bonchev–Trinajstić information content (AvgIpc) is 2.60. The first-order valence-corrected chi connectivity index (χ1v) is 6.10. The number of carbonyl (C=O) groups is 1. The van der Waals surface area contributed by atoms with Gasteiger partial charge < -0.3 is 9.47 Å². The van der Waals surface area contributed by atoms with Gasteiger partial charge in [-0.05, 0) is 19.3 Å². The molecule has 1 fully saturated rings. The lowest BCUT2D eigenvalue weighted by Gasteiger charge is -2.37. The van der Waals surface area contributed by atoms with Crippen molar-refractivity contribution in [3.8, 4) is 0 Å². The van der Waals surface area contributed by atoms with Gasteiger partial charge in [0.05, 0.1) is 12.5 Å². The molecule has 0 radical (unpaired) electrons. The van der Waals surface area contributed by atoms with E-state index >= 15 is 0 Å². The van der Waals surface area contributed by atoms with E-state index in [2.05, 4.69) is 4.98 Å². The molecule has 1 amide bonds. The highest BCUT2D eigenvalue weighted by Gasteiger charge is 2.29. The second-order valence-corrected chi connectivity index (χ2v) is 4.54. The molecule has 2 rings (SSSR count). The van der Waals surface area contributed by atoms with Crippen molar-refractivity contribution >= 4 is 17.5 Å². The minimum absolute atomic E-state index is 0.0466. The summed E-state index contributed by atoms with van der Waals surface area (Å²) in [7, 11) is 1.83. The van der Waals surface area contributed by atoms with Gasteiger partial charge in [-0.15, -0.1) is 11.6 Å². The molecule has 0 spiro atoms. The van der Waals surface area contributed by atoms with E-state index in [-0.39, 0.29) is 5.91 Å². The molecule has 88 valence electrons. The maximum Gasteiger partial charge on any atom is 0.272 e. The van der Waals surface area contributed by atoms with Crippen LogP contribution in [0.15, 0.2) is 12.5 Å². The van der Waals surface area contributed by atoms with Crippen LogP contribution in [0, 0.1) is 0 Å². The van der Waals surface area contributed by atoms with Crippen LogP contribution in [0.4, 0.5) is 0 Å². The van der Waals surface area contributed by atoms with Gasteiger partial charge in [0.25, 0.3) is 5.91 Å². The normalized spacial score (nSPS) is 15.9. The van der Waals surface area contributed by atoms with Crippen LogP contribution < -0.4 is 0 Å². The number of amides is 1. The van der Waals surface area contributed by atoms with Gasteiger partial charge in [0.15, 0.2) is 0 Å². The smallest absolute Gasteiger partial charge is 0.272 e. The molecule has 0 aromatic carbocycles. The number of alkyl halides is 1. The number of hydrogen-bond acceptors (Lipinski definition) is 2. The van der Waals surface area contributed by atoms with E-state index in [4.69, 9.17) is 11.6 Å². The largest absolute Gasteiger partial charge is 0.333 e. The zero-order valence-corrected chi connectivity index (χ0v) is 10.2. The standard InChI is InChI=1S/C11H16ClN3O/c1-14-8-13-7-10(14)11(16)15(6-5-12)9-3-2-4-9/h7-9H,2-6H2,1H3. The number of halogens is 1. The van der Waals surface area contributed by atoms with Gasteiger partial charge in [-0.1, -0.05) is 0 Å². The molecule has 1 aromatic heterocycles. The Morgan fingerprint density at radius 2 is 2.44 bits per heavy atom. The Balaban J connectivity index is 2.13. The fourth-order valence-electron chi connectivity index (χ4n) is 1.95. The second kappa shape index (κ2) is 4.87. The van der Waals surface area contributed by atoms with E-state index in [9.17, 15) is 4.79 Å². The molecule has 5 heteroatoms. The van der Waals surface area contributed by atoms with Crippen molar-refractivity contribution in [2.45, 2.75) is 25.3 Å². The molecule has 1 heterocycles. The summed E-state index contributed by atoms with van der Waals surface area (Å²) in [5, 5.41) is 0. The molecule has 4 nitrogen and oxygen atoms in total. The maximum atomic E-state index is 12.3. The summed E-state index contributed by atoms with van der Waals surface area (Å²) in [5.74, 6) is 0.533. The Labute approximate surface area is 100 Å². The first kappa shape index (κ1) is 11.5. The lowest BCUT2D eigenvalue weighted by molar-refractivity contribution is 0.0588. The van der Waals surface area contributed by atoms with Gasteiger partial charge in [-0.3, -0.25) is 4.79 Å². The molecule has 1 aliphatic carbocycles. The number of imidazole rings is 1. The van der Waals surface area contributed by atoms with Crippen LogP contribution >= 0.6 is 11.6 Å². The summed E-state index contributed by atoms with van der Waals surface area (Å²) in [4.78, 5) is 18.1.